The number of furan rings is 1. The zero-order chi connectivity index (χ0) is 59.0. The fraction of sp³-hybridized carbons (Fsp3) is 0.113. The molecule has 3 amide bonds. The first-order valence-corrected chi connectivity index (χ1v) is 27.4. The molecular weight excluding hydrogens is 1150 g/mol. The monoisotopic (exact) mass is 1200 g/mol. The number of methoxy groups -OCH3 is 1. The highest BCUT2D eigenvalue weighted by atomic mass is 35.5. The van der Waals surface area contributed by atoms with E-state index in [1.165, 1.54) is 30.7 Å². The molecule has 17 nitrogen and oxygen atoms in total. The maximum atomic E-state index is 13.2. The Bertz CT molecular complexity index is 4350. The zero-order valence-electron chi connectivity index (χ0n) is 45.2. The Morgan fingerprint density at radius 3 is 1.35 bits per heavy atom. The van der Waals surface area contributed by atoms with Crippen LogP contribution in [-0.4, -0.2) is 69.1 Å². The molecule has 422 valence electrons. The first-order valence-electron chi connectivity index (χ1n) is 25.9. The van der Waals surface area contributed by atoms with Crippen molar-refractivity contribution < 1.29 is 27.9 Å². The number of rotatable bonds is 13. The van der Waals surface area contributed by atoms with E-state index in [1.54, 1.807) is 64.7 Å². The second kappa shape index (κ2) is 25.8. The molecule has 0 aliphatic heterocycles. The van der Waals surface area contributed by atoms with Crippen LogP contribution in [0.25, 0.3) is 50.2 Å². The van der Waals surface area contributed by atoms with Crippen molar-refractivity contribution in [1.82, 2.24) is 60.2 Å². The normalized spacial score (nSPS) is 11.0. The molecule has 0 saturated heterocycles. The fourth-order valence-electron chi connectivity index (χ4n) is 8.97. The SMILES string of the molecule is COc1ccc(CNC(=O)c2cnc3c(c(C)nn3-c3ccccc3)c2Cl)cc1.Cc1nn(-c2ccc(F)cc2)c2ncc(C(=O)NCc3ccccc3Cl)c(Cl)c12.Cc1nn(-c2ccccc2)c2ncc(C(=O)NCc3ccco3)c(Cl)c12. The number of ether oxygens (including phenoxy) is 1. The number of carbonyl (C=O) groups is 3. The Kier molecular flexibility index (Phi) is 17.7. The third-order valence-electron chi connectivity index (χ3n) is 13.2. The number of aryl methyl sites for hydroxylation is 3. The molecule has 0 unspecified atom stereocenters. The number of nitrogens with one attached hydrogen (secondary N) is 3. The highest BCUT2D eigenvalue weighted by molar-refractivity contribution is 6.39. The number of hydrogen-bond acceptors (Lipinski definition) is 11. The maximum absolute atomic E-state index is 13.2. The number of para-hydroxylation sites is 2. The molecule has 84 heavy (non-hydrogen) atoms. The number of hydrogen-bond donors (Lipinski definition) is 3. The molecule has 12 rings (SSSR count). The van der Waals surface area contributed by atoms with E-state index in [2.05, 4.69) is 46.2 Å². The fourth-order valence-corrected chi connectivity index (χ4v) is 10.2. The van der Waals surface area contributed by atoms with Crippen LogP contribution in [0.4, 0.5) is 4.39 Å². The van der Waals surface area contributed by atoms with Crippen molar-refractivity contribution in [3.63, 3.8) is 0 Å². The van der Waals surface area contributed by atoms with Gasteiger partial charge in [0.2, 0.25) is 0 Å². The van der Waals surface area contributed by atoms with E-state index in [9.17, 15) is 18.8 Å². The minimum atomic E-state index is -0.363. The molecular formula is C62H49Cl4FN12O5. The Morgan fingerprint density at radius 2 is 0.917 bits per heavy atom. The maximum Gasteiger partial charge on any atom is 0.254 e. The van der Waals surface area contributed by atoms with Gasteiger partial charge in [0.05, 0.1) is 102 Å². The minimum Gasteiger partial charge on any atom is -0.497 e. The summed E-state index contributed by atoms with van der Waals surface area (Å²) in [7, 11) is 1.61. The molecule has 0 fully saturated rings. The van der Waals surface area contributed by atoms with Crippen molar-refractivity contribution in [2.75, 3.05) is 7.11 Å². The molecule has 12 aromatic rings. The largest absolute Gasteiger partial charge is 0.497 e. The molecule has 3 N–H and O–H groups in total. The molecule has 7 heterocycles. The molecule has 5 aromatic carbocycles. The van der Waals surface area contributed by atoms with Crippen molar-refractivity contribution >= 4 is 97.2 Å². The number of fused-ring (bicyclic) bond motifs is 3. The van der Waals surface area contributed by atoms with Crippen molar-refractivity contribution in [3.05, 3.63) is 247 Å². The number of halogens is 5. The first-order chi connectivity index (χ1) is 40.7. The quantitative estimate of drug-likeness (QED) is 0.0991. The Balaban J connectivity index is 0.000000141. The predicted octanol–water partition coefficient (Wildman–Crippen LogP) is 13.3. The van der Waals surface area contributed by atoms with Crippen LogP contribution in [0.1, 0.15) is 65.0 Å². The van der Waals surface area contributed by atoms with Gasteiger partial charge < -0.3 is 25.1 Å². The molecule has 0 radical (unpaired) electrons. The smallest absolute Gasteiger partial charge is 0.254 e. The van der Waals surface area contributed by atoms with Crippen LogP contribution in [0.2, 0.25) is 20.1 Å². The summed E-state index contributed by atoms with van der Waals surface area (Å²) in [6, 6.07) is 43.6. The van der Waals surface area contributed by atoms with E-state index in [4.69, 9.17) is 55.6 Å². The van der Waals surface area contributed by atoms with E-state index in [1.807, 2.05) is 117 Å². The third-order valence-corrected chi connectivity index (χ3v) is 14.8. The molecule has 0 saturated carbocycles. The highest BCUT2D eigenvalue weighted by Crippen LogP contribution is 2.33. The number of amides is 3. The van der Waals surface area contributed by atoms with Crippen LogP contribution in [0.5, 0.6) is 5.75 Å². The van der Waals surface area contributed by atoms with Crippen molar-refractivity contribution in [1.29, 1.82) is 0 Å². The van der Waals surface area contributed by atoms with Crippen LogP contribution in [0.3, 0.4) is 0 Å². The van der Waals surface area contributed by atoms with Gasteiger partial charge in [0.25, 0.3) is 17.7 Å². The number of aromatic nitrogens is 9. The molecule has 0 aliphatic carbocycles. The van der Waals surface area contributed by atoms with Gasteiger partial charge >= 0.3 is 0 Å². The Labute approximate surface area is 499 Å². The van der Waals surface area contributed by atoms with Crippen molar-refractivity contribution in [2.24, 2.45) is 0 Å². The predicted molar refractivity (Wildman–Crippen MR) is 322 cm³/mol. The number of carbonyl (C=O) groups excluding carboxylic acids is 3. The van der Waals surface area contributed by atoms with Crippen molar-refractivity contribution in [3.8, 4) is 22.8 Å². The minimum absolute atomic E-state index is 0.243. The molecule has 22 heteroatoms. The average molecular weight is 1200 g/mol. The van der Waals surface area contributed by atoms with Crippen LogP contribution in [0.15, 0.2) is 175 Å². The first kappa shape index (κ1) is 57.8. The summed E-state index contributed by atoms with van der Waals surface area (Å²) in [5.41, 5.74) is 8.78. The van der Waals surface area contributed by atoms with E-state index in [0.29, 0.717) is 94.4 Å². The molecule has 0 bridgehead atoms. The standard InChI is InChI=1S/C22H19ClN4O2.C21H15Cl2FN4O.C19H15ClN4O2/c1-14-19-20(23)18(22(28)25-12-15-8-10-17(29-2)11-9-15)13-24-21(19)27(26-14)16-6-4-3-5-7-16;1-12-18-19(23)16(21(29)26-10-13-4-2-3-5-17(13)22)11-25-20(18)28(27-12)15-8-6-14(24)7-9-15;1-12-16-17(20)15(19(25)22-10-14-8-5-9-26-14)11-21-18(16)24(23-12)13-6-3-2-4-7-13/h3-11,13H,12H2,1-2H3,(H,25,28);2-9,11H,10H2,1H3,(H,26,29);2-9,11H,10H2,1H3,(H,22,25). The lowest BCUT2D eigenvalue weighted by Gasteiger charge is -2.09. The molecule has 7 aromatic heterocycles. The van der Waals surface area contributed by atoms with E-state index < -0.39 is 0 Å². The second-order valence-electron chi connectivity index (χ2n) is 18.8. The van der Waals surface area contributed by atoms with Crippen LogP contribution in [-0.2, 0) is 19.6 Å². The summed E-state index contributed by atoms with van der Waals surface area (Å²) < 4.78 is 28.6. The van der Waals surface area contributed by atoms with E-state index in [0.717, 1.165) is 28.3 Å². The van der Waals surface area contributed by atoms with E-state index >= 15 is 0 Å². The van der Waals surface area contributed by atoms with Gasteiger partial charge in [-0.25, -0.2) is 33.4 Å². The zero-order valence-corrected chi connectivity index (χ0v) is 48.3. The molecule has 0 spiro atoms. The summed E-state index contributed by atoms with van der Waals surface area (Å²) in [4.78, 5) is 51.2. The lowest BCUT2D eigenvalue weighted by Crippen LogP contribution is -2.23. The van der Waals surface area contributed by atoms with E-state index in [-0.39, 0.29) is 47.2 Å². The number of nitrogens with zero attached hydrogens (tertiary/aromatic N) is 9. The topological polar surface area (TPSA) is 202 Å². The summed E-state index contributed by atoms with van der Waals surface area (Å²) in [5, 5.41) is 25.5. The van der Waals surface area contributed by atoms with Crippen molar-refractivity contribution in [2.45, 2.75) is 40.4 Å². The summed E-state index contributed by atoms with van der Waals surface area (Å²) in [6.07, 6.45) is 5.94. The van der Waals surface area contributed by atoms with Crippen LogP contribution < -0.4 is 20.7 Å². The Morgan fingerprint density at radius 1 is 0.500 bits per heavy atom. The Hall–Kier alpha value is -9.46. The summed E-state index contributed by atoms with van der Waals surface area (Å²) >= 11 is 25.8. The van der Waals surface area contributed by atoms with Gasteiger partial charge in [-0.3, -0.25) is 14.4 Å². The van der Waals surface area contributed by atoms with Crippen LogP contribution in [0, 0.1) is 26.6 Å². The summed E-state index contributed by atoms with van der Waals surface area (Å²) in [5.74, 6) is 0.128. The van der Waals surface area contributed by atoms with Gasteiger partial charge in [-0.1, -0.05) is 113 Å². The molecule has 0 aliphatic rings. The van der Waals surface area contributed by atoms with Gasteiger partial charge in [0.15, 0.2) is 16.9 Å². The van der Waals surface area contributed by atoms with Gasteiger partial charge in [-0.2, -0.15) is 15.3 Å². The number of benzene rings is 5. The average Bonchev–Trinajstić information content (AvgIpc) is 4.28. The van der Waals surface area contributed by atoms with Gasteiger partial charge in [-0.15, -0.1) is 0 Å². The summed E-state index contributed by atoms with van der Waals surface area (Å²) in [6.45, 7) is 6.40. The van der Waals surface area contributed by atoms with Gasteiger partial charge in [-0.05, 0) is 111 Å². The third kappa shape index (κ3) is 12.5. The lowest BCUT2D eigenvalue weighted by molar-refractivity contribution is 0.0941. The molecule has 0 atom stereocenters. The van der Waals surface area contributed by atoms with Gasteiger partial charge in [0, 0.05) is 36.7 Å². The van der Waals surface area contributed by atoms with Crippen LogP contribution >= 0.6 is 46.4 Å². The van der Waals surface area contributed by atoms with Gasteiger partial charge in [0.1, 0.15) is 17.3 Å². The lowest BCUT2D eigenvalue weighted by atomic mass is 10.1. The number of pyridine rings is 3. The highest BCUT2D eigenvalue weighted by Gasteiger charge is 2.23. The second-order valence-corrected chi connectivity index (χ2v) is 20.3.